The third-order valence-corrected chi connectivity index (χ3v) is 3.76. The van der Waals surface area contributed by atoms with E-state index in [9.17, 15) is 0 Å². The first-order valence-corrected chi connectivity index (χ1v) is 7.03. The van der Waals surface area contributed by atoms with Gasteiger partial charge in [-0.2, -0.15) is 0 Å². The Kier molecular flexibility index (Phi) is 4.73. The molecule has 0 bridgehead atoms. The van der Waals surface area contributed by atoms with Crippen molar-refractivity contribution in [2.45, 2.75) is 19.3 Å². The Morgan fingerprint density at radius 1 is 1.39 bits per heavy atom. The van der Waals surface area contributed by atoms with Gasteiger partial charge < -0.3 is 10.5 Å². The van der Waals surface area contributed by atoms with Gasteiger partial charge in [0.1, 0.15) is 5.75 Å². The maximum absolute atomic E-state index is 5.86. The van der Waals surface area contributed by atoms with Crippen molar-refractivity contribution in [1.82, 2.24) is 4.98 Å². The standard InChI is InChI=1S/C14H18N2OS/c1-2-17-13-6-4-3-5-11(13)9-12(10-15)14-16-7-8-18-14/h3-8,12H,2,9-10,15H2,1H3. The Bertz CT molecular complexity index is 470. The van der Waals surface area contributed by atoms with Crippen LogP contribution < -0.4 is 10.5 Å². The van der Waals surface area contributed by atoms with Gasteiger partial charge in [-0.25, -0.2) is 4.98 Å². The van der Waals surface area contributed by atoms with Crippen molar-refractivity contribution in [3.05, 3.63) is 46.4 Å². The van der Waals surface area contributed by atoms with Crippen LogP contribution in [-0.2, 0) is 6.42 Å². The minimum atomic E-state index is 0.270. The fraction of sp³-hybridized carbons (Fsp3) is 0.357. The molecular formula is C14H18N2OS. The maximum Gasteiger partial charge on any atom is 0.122 e. The summed E-state index contributed by atoms with van der Waals surface area (Å²) in [5.41, 5.74) is 7.06. The van der Waals surface area contributed by atoms with Crippen molar-refractivity contribution in [3.63, 3.8) is 0 Å². The summed E-state index contributed by atoms with van der Waals surface area (Å²) in [5.74, 6) is 1.22. The summed E-state index contributed by atoms with van der Waals surface area (Å²) in [6.45, 7) is 3.29. The van der Waals surface area contributed by atoms with Crippen LogP contribution in [0.1, 0.15) is 23.4 Å². The van der Waals surface area contributed by atoms with E-state index >= 15 is 0 Å². The molecule has 0 aliphatic rings. The minimum Gasteiger partial charge on any atom is -0.494 e. The number of para-hydroxylation sites is 1. The van der Waals surface area contributed by atoms with Crippen molar-refractivity contribution in [2.75, 3.05) is 13.2 Å². The molecule has 3 nitrogen and oxygen atoms in total. The number of ether oxygens (including phenoxy) is 1. The first-order chi connectivity index (χ1) is 8.85. The molecular weight excluding hydrogens is 244 g/mol. The topological polar surface area (TPSA) is 48.1 Å². The smallest absolute Gasteiger partial charge is 0.122 e. The number of thiazole rings is 1. The molecule has 4 heteroatoms. The number of aromatic nitrogens is 1. The number of nitrogens with zero attached hydrogens (tertiary/aromatic N) is 1. The predicted octanol–water partition coefficient (Wildman–Crippen LogP) is 2.83. The van der Waals surface area contributed by atoms with Gasteiger partial charge in [0.15, 0.2) is 0 Å². The molecule has 1 aromatic carbocycles. The van der Waals surface area contributed by atoms with E-state index in [1.54, 1.807) is 11.3 Å². The number of nitrogens with two attached hydrogens (primary N) is 1. The molecule has 0 aliphatic heterocycles. The van der Waals surface area contributed by atoms with Gasteiger partial charge in [0.25, 0.3) is 0 Å². The Balaban J connectivity index is 2.17. The molecule has 0 fully saturated rings. The molecule has 0 amide bonds. The van der Waals surface area contributed by atoms with E-state index in [4.69, 9.17) is 10.5 Å². The van der Waals surface area contributed by atoms with E-state index in [1.165, 1.54) is 5.56 Å². The first kappa shape index (κ1) is 13.1. The molecule has 2 N–H and O–H groups in total. The third kappa shape index (κ3) is 3.09. The normalized spacial score (nSPS) is 12.3. The number of rotatable bonds is 6. The van der Waals surface area contributed by atoms with Crippen molar-refractivity contribution in [1.29, 1.82) is 0 Å². The highest BCUT2D eigenvalue weighted by molar-refractivity contribution is 7.09. The molecule has 1 heterocycles. The van der Waals surface area contributed by atoms with E-state index in [2.05, 4.69) is 11.1 Å². The number of hydrogen-bond acceptors (Lipinski definition) is 4. The Morgan fingerprint density at radius 2 is 2.22 bits per heavy atom. The van der Waals surface area contributed by atoms with Crippen molar-refractivity contribution in [3.8, 4) is 5.75 Å². The van der Waals surface area contributed by atoms with E-state index in [0.29, 0.717) is 13.2 Å². The quantitative estimate of drug-likeness (QED) is 0.871. The van der Waals surface area contributed by atoms with Crippen LogP contribution in [0.2, 0.25) is 0 Å². The van der Waals surface area contributed by atoms with Gasteiger partial charge >= 0.3 is 0 Å². The summed E-state index contributed by atoms with van der Waals surface area (Å²) in [6, 6.07) is 8.14. The van der Waals surface area contributed by atoms with E-state index in [-0.39, 0.29) is 5.92 Å². The van der Waals surface area contributed by atoms with Gasteiger partial charge in [0.05, 0.1) is 11.6 Å². The summed E-state index contributed by atoms with van der Waals surface area (Å²) >= 11 is 1.66. The molecule has 1 unspecified atom stereocenters. The molecule has 0 aliphatic carbocycles. The maximum atomic E-state index is 5.86. The molecule has 0 spiro atoms. The highest BCUT2D eigenvalue weighted by atomic mass is 32.1. The second-order valence-corrected chi connectivity index (χ2v) is 4.97. The highest BCUT2D eigenvalue weighted by Crippen LogP contribution is 2.27. The molecule has 2 aromatic rings. The second kappa shape index (κ2) is 6.52. The van der Waals surface area contributed by atoms with Crippen LogP contribution >= 0.6 is 11.3 Å². The monoisotopic (exact) mass is 262 g/mol. The molecule has 0 saturated heterocycles. The van der Waals surface area contributed by atoms with E-state index in [1.807, 2.05) is 36.7 Å². The summed E-state index contributed by atoms with van der Waals surface area (Å²) in [7, 11) is 0. The van der Waals surface area contributed by atoms with Crippen LogP contribution in [0.4, 0.5) is 0 Å². The van der Waals surface area contributed by atoms with Crippen molar-refractivity contribution >= 4 is 11.3 Å². The summed E-state index contributed by atoms with van der Waals surface area (Å²) in [5, 5.41) is 3.09. The van der Waals surface area contributed by atoms with Gasteiger partial charge in [-0.05, 0) is 25.0 Å². The fourth-order valence-corrected chi connectivity index (χ4v) is 2.70. The van der Waals surface area contributed by atoms with Crippen LogP contribution in [0.15, 0.2) is 35.8 Å². The summed E-state index contributed by atoms with van der Waals surface area (Å²) in [6.07, 6.45) is 2.71. The zero-order chi connectivity index (χ0) is 12.8. The zero-order valence-electron chi connectivity index (χ0n) is 10.5. The first-order valence-electron chi connectivity index (χ1n) is 6.15. The molecule has 18 heavy (non-hydrogen) atoms. The lowest BCUT2D eigenvalue weighted by molar-refractivity contribution is 0.335. The Labute approximate surface area is 112 Å². The van der Waals surface area contributed by atoms with Crippen LogP contribution in [0.5, 0.6) is 5.75 Å². The molecule has 1 atom stereocenters. The van der Waals surface area contributed by atoms with Gasteiger partial charge in [0, 0.05) is 24.0 Å². The average molecular weight is 262 g/mol. The predicted molar refractivity (Wildman–Crippen MR) is 75.2 cm³/mol. The molecule has 0 saturated carbocycles. The van der Waals surface area contributed by atoms with Gasteiger partial charge in [0.2, 0.25) is 0 Å². The third-order valence-electron chi connectivity index (χ3n) is 2.82. The van der Waals surface area contributed by atoms with E-state index < -0.39 is 0 Å². The molecule has 0 radical (unpaired) electrons. The lowest BCUT2D eigenvalue weighted by Gasteiger charge is -2.15. The van der Waals surface area contributed by atoms with Gasteiger partial charge in [-0.1, -0.05) is 18.2 Å². The molecule has 96 valence electrons. The van der Waals surface area contributed by atoms with Crippen LogP contribution in [0.25, 0.3) is 0 Å². The average Bonchev–Trinajstić information content (AvgIpc) is 2.92. The Morgan fingerprint density at radius 3 is 2.89 bits per heavy atom. The lowest BCUT2D eigenvalue weighted by atomic mass is 9.99. The SMILES string of the molecule is CCOc1ccccc1CC(CN)c1nccs1. The van der Waals surface area contributed by atoms with Crippen LogP contribution in [-0.4, -0.2) is 18.1 Å². The number of hydrogen-bond donors (Lipinski definition) is 1. The molecule has 2 rings (SSSR count). The second-order valence-electron chi connectivity index (χ2n) is 4.05. The van der Waals surface area contributed by atoms with Crippen molar-refractivity contribution in [2.24, 2.45) is 5.73 Å². The lowest BCUT2D eigenvalue weighted by Crippen LogP contribution is -2.15. The van der Waals surface area contributed by atoms with Crippen LogP contribution in [0.3, 0.4) is 0 Å². The Hall–Kier alpha value is -1.39. The van der Waals surface area contributed by atoms with Crippen LogP contribution in [0, 0.1) is 0 Å². The zero-order valence-corrected chi connectivity index (χ0v) is 11.3. The minimum absolute atomic E-state index is 0.270. The number of benzene rings is 1. The largest absolute Gasteiger partial charge is 0.494 e. The van der Waals surface area contributed by atoms with Gasteiger partial charge in [-0.15, -0.1) is 11.3 Å². The van der Waals surface area contributed by atoms with Crippen molar-refractivity contribution < 1.29 is 4.74 Å². The summed E-state index contributed by atoms with van der Waals surface area (Å²) in [4.78, 5) is 4.36. The highest BCUT2D eigenvalue weighted by Gasteiger charge is 2.15. The van der Waals surface area contributed by atoms with E-state index in [0.717, 1.165) is 17.2 Å². The summed E-state index contributed by atoms with van der Waals surface area (Å²) < 4.78 is 5.64. The molecule has 1 aromatic heterocycles. The van der Waals surface area contributed by atoms with Gasteiger partial charge in [-0.3, -0.25) is 0 Å². The fourth-order valence-electron chi connectivity index (χ4n) is 1.94.